The van der Waals surface area contributed by atoms with E-state index >= 15 is 0 Å². The molecule has 0 aromatic heterocycles. The summed E-state index contributed by atoms with van der Waals surface area (Å²) in [7, 11) is 3.56. The molecule has 0 saturated carbocycles. The number of likely N-dealkylation sites (tertiary alicyclic amines) is 1. The molecule has 1 aliphatic rings. The number of halogens is 1. The van der Waals surface area contributed by atoms with Crippen LogP contribution in [0.25, 0.3) is 0 Å². The lowest BCUT2D eigenvalue weighted by molar-refractivity contribution is 0.183. The van der Waals surface area contributed by atoms with Gasteiger partial charge in [0.05, 0.1) is 0 Å². The van der Waals surface area contributed by atoms with Crippen molar-refractivity contribution in [1.82, 2.24) is 15.5 Å². The van der Waals surface area contributed by atoms with Crippen molar-refractivity contribution >= 4 is 29.9 Å². The lowest BCUT2D eigenvalue weighted by Crippen LogP contribution is -2.44. The number of methoxy groups -OCH3 is 1. The molecule has 1 unspecified atom stereocenters. The Hall–Kier alpha value is -0.0800. The molecule has 1 fully saturated rings. The maximum absolute atomic E-state index is 5.03. The third kappa shape index (κ3) is 8.26. The van der Waals surface area contributed by atoms with Crippen LogP contribution in [0.2, 0.25) is 0 Å². The zero-order valence-electron chi connectivity index (χ0n) is 13.2. The summed E-state index contributed by atoms with van der Waals surface area (Å²) in [5.74, 6) is 1.65. The molecule has 1 atom stereocenters. The van der Waals surface area contributed by atoms with E-state index in [9.17, 15) is 0 Å². The number of hydrogen-bond acceptors (Lipinski definition) is 3. The van der Waals surface area contributed by atoms with E-state index in [0.29, 0.717) is 0 Å². The van der Waals surface area contributed by atoms with Crippen molar-refractivity contribution in [2.45, 2.75) is 26.2 Å². The van der Waals surface area contributed by atoms with Gasteiger partial charge in [0.2, 0.25) is 0 Å². The highest BCUT2D eigenvalue weighted by atomic mass is 127. The molecule has 0 aliphatic carbocycles. The minimum Gasteiger partial charge on any atom is -0.385 e. The van der Waals surface area contributed by atoms with Crippen molar-refractivity contribution < 1.29 is 4.74 Å². The van der Waals surface area contributed by atoms with Gasteiger partial charge in [0.1, 0.15) is 0 Å². The fraction of sp³-hybridized carbons (Fsp3) is 0.929. The molecule has 0 amide bonds. The summed E-state index contributed by atoms with van der Waals surface area (Å²) >= 11 is 0. The third-order valence-electron chi connectivity index (χ3n) is 3.65. The summed E-state index contributed by atoms with van der Waals surface area (Å²) in [6.45, 7) is 8.59. The molecular formula is C14H31IN4O. The first kappa shape index (κ1) is 19.9. The summed E-state index contributed by atoms with van der Waals surface area (Å²) in [6, 6.07) is 0. The molecule has 1 rings (SSSR count). The van der Waals surface area contributed by atoms with Gasteiger partial charge in [0, 0.05) is 40.4 Å². The van der Waals surface area contributed by atoms with E-state index in [1.807, 2.05) is 7.05 Å². The predicted molar refractivity (Wildman–Crippen MR) is 96.1 cm³/mol. The summed E-state index contributed by atoms with van der Waals surface area (Å²) in [5.41, 5.74) is 0. The second-order valence-electron chi connectivity index (χ2n) is 5.13. The van der Waals surface area contributed by atoms with Crippen molar-refractivity contribution in [2.75, 3.05) is 53.5 Å². The van der Waals surface area contributed by atoms with E-state index in [1.54, 1.807) is 7.11 Å². The van der Waals surface area contributed by atoms with Crippen molar-refractivity contribution in [1.29, 1.82) is 0 Å². The van der Waals surface area contributed by atoms with Gasteiger partial charge in [-0.05, 0) is 38.3 Å². The third-order valence-corrected chi connectivity index (χ3v) is 3.65. The first-order valence-electron chi connectivity index (χ1n) is 7.46. The Morgan fingerprint density at radius 3 is 2.85 bits per heavy atom. The molecule has 120 valence electrons. The zero-order valence-corrected chi connectivity index (χ0v) is 15.5. The fourth-order valence-corrected chi connectivity index (χ4v) is 2.49. The fourth-order valence-electron chi connectivity index (χ4n) is 2.49. The van der Waals surface area contributed by atoms with E-state index in [-0.39, 0.29) is 24.0 Å². The second kappa shape index (κ2) is 12.6. The number of nitrogens with zero attached hydrogens (tertiary/aromatic N) is 2. The van der Waals surface area contributed by atoms with Gasteiger partial charge < -0.3 is 20.3 Å². The molecule has 0 spiro atoms. The number of guanidine groups is 1. The van der Waals surface area contributed by atoms with Crippen LogP contribution in [-0.4, -0.2) is 64.3 Å². The van der Waals surface area contributed by atoms with Crippen molar-refractivity contribution in [3.63, 3.8) is 0 Å². The normalized spacial score (nSPS) is 20.4. The number of ether oxygens (including phenoxy) is 1. The Morgan fingerprint density at radius 2 is 2.20 bits per heavy atom. The molecule has 0 aromatic rings. The topological polar surface area (TPSA) is 48.9 Å². The van der Waals surface area contributed by atoms with Crippen LogP contribution in [0, 0.1) is 5.92 Å². The molecule has 0 aromatic carbocycles. The summed E-state index contributed by atoms with van der Waals surface area (Å²) < 4.78 is 5.03. The minimum absolute atomic E-state index is 0. The second-order valence-corrected chi connectivity index (χ2v) is 5.13. The summed E-state index contributed by atoms with van der Waals surface area (Å²) in [4.78, 5) is 6.78. The highest BCUT2D eigenvalue weighted by Crippen LogP contribution is 2.14. The quantitative estimate of drug-likeness (QED) is 0.296. The molecule has 1 saturated heterocycles. The van der Waals surface area contributed by atoms with E-state index < -0.39 is 0 Å². The lowest BCUT2D eigenvalue weighted by atomic mass is 9.98. The van der Waals surface area contributed by atoms with Crippen molar-refractivity contribution in [3.8, 4) is 0 Å². The largest absolute Gasteiger partial charge is 0.385 e. The molecule has 5 nitrogen and oxygen atoms in total. The van der Waals surface area contributed by atoms with Gasteiger partial charge in [-0.2, -0.15) is 0 Å². The standard InChI is InChI=1S/C14H30N4O.HI/c1-4-18-9-5-7-13(12-18)11-17-14(15-2)16-8-6-10-19-3;/h13H,4-12H2,1-3H3,(H2,15,16,17);1H. The maximum Gasteiger partial charge on any atom is 0.190 e. The van der Waals surface area contributed by atoms with Gasteiger partial charge in [-0.1, -0.05) is 6.92 Å². The Labute approximate surface area is 140 Å². The average Bonchev–Trinajstić information content (AvgIpc) is 2.47. The number of aliphatic imine (C=N–C) groups is 1. The Kier molecular flexibility index (Phi) is 12.6. The van der Waals surface area contributed by atoms with Gasteiger partial charge in [-0.25, -0.2) is 0 Å². The number of rotatable bonds is 7. The molecule has 6 heteroatoms. The molecular weight excluding hydrogens is 367 g/mol. The van der Waals surface area contributed by atoms with Crippen LogP contribution in [-0.2, 0) is 4.74 Å². The van der Waals surface area contributed by atoms with Crippen LogP contribution in [0.15, 0.2) is 4.99 Å². The zero-order chi connectivity index (χ0) is 13.9. The first-order chi connectivity index (χ1) is 9.30. The van der Waals surface area contributed by atoms with E-state index in [4.69, 9.17) is 4.74 Å². The SMILES string of the molecule is CCN1CCCC(CNC(=NC)NCCCOC)C1.I. The van der Waals surface area contributed by atoms with Crippen LogP contribution < -0.4 is 10.6 Å². The highest BCUT2D eigenvalue weighted by Gasteiger charge is 2.18. The van der Waals surface area contributed by atoms with Crippen LogP contribution in [0.4, 0.5) is 0 Å². The van der Waals surface area contributed by atoms with E-state index in [0.717, 1.165) is 38.0 Å². The van der Waals surface area contributed by atoms with Gasteiger partial charge >= 0.3 is 0 Å². The Balaban J connectivity index is 0.00000361. The minimum atomic E-state index is 0. The van der Waals surface area contributed by atoms with E-state index in [2.05, 4.69) is 27.4 Å². The van der Waals surface area contributed by atoms with Crippen molar-refractivity contribution in [2.24, 2.45) is 10.9 Å². The van der Waals surface area contributed by atoms with Gasteiger partial charge in [-0.15, -0.1) is 24.0 Å². The van der Waals surface area contributed by atoms with Gasteiger partial charge in [-0.3, -0.25) is 4.99 Å². The number of nitrogens with one attached hydrogen (secondary N) is 2. The molecule has 0 radical (unpaired) electrons. The smallest absolute Gasteiger partial charge is 0.190 e. The molecule has 20 heavy (non-hydrogen) atoms. The molecule has 2 N–H and O–H groups in total. The Morgan fingerprint density at radius 1 is 1.40 bits per heavy atom. The van der Waals surface area contributed by atoms with Crippen LogP contribution in [0.1, 0.15) is 26.2 Å². The summed E-state index contributed by atoms with van der Waals surface area (Å²) in [6.07, 6.45) is 3.65. The molecule has 0 bridgehead atoms. The van der Waals surface area contributed by atoms with Crippen LogP contribution in [0.5, 0.6) is 0 Å². The molecule has 1 heterocycles. The summed E-state index contributed by atoms with van der Waals surface area (Å²) in [5, 5.41) is 6.75. The van der Waals surface area contributed by atoms with Crippen LogP contribution in [0.3, 0.4) is 0 Å². The lowest BCUT2D eigenvalue weighted by Gasteiger charge is -2.32. The number of piperidine rings is 1. The average molecular weight is 398 g/mol. The number of hydrogen-bond donors (Lipinski definition) is 2. The van der Waals surface area contributed by atoms with Crippen molar-refractivity contribution in [3.05, 3.63) is 0 Å². The highest BCUT2D eigenvalue weighted by molar-refractivity contribution is 14.0. The predicted octanol–water partition coefficient (Wildman–Crippen LogP) is 1.54. The van der Waals surface area contributed by atoms with E-state index in [1.165, 1.54) is 32.5 Å². The monoisotopic (exact) mass is 398 g/mol. The Bertz CT molecular complexity index is 264. The first-order valence-corrected chi connectivity index (χ1v) is 7.46. The molecule has 1 aliphatic heterocycles. The maximum atomic E-state index is 5.03. The van der Waals surface area contributed by atoms with Gasteiger partial charge in [0.25, 0.3) is 0 Å². The van der Waals surface area contributed by atoms with Crippen LogP contribution >= 0.6 is 24.0 Å². The van der Waals surface area contributed by atoms with Gasteiger partial charge in [0.15, 0.2) is 5.96 Å².